The van der Waals surface area contributed by atoms with Crippen molar-refractivity contribution in [2.45, 2.75) is 6.04 Å². The lowest BCUT2D eigenvalue weighted by atomic mass is 10.2. The zero-order chi connectivity index (χ0) is 16.4. The van der Waals surface area contributed by atoms with Gasteiger partial charge in [-0.15, -0.1) is 0 Å². The highest BCUT2D eigenvalue weighted by atomic mass is 35.5. The molecule has 5 rings (SSSR count). The molecule has 1 aliphatic heterocycles. The largest absolute Gasteiger partial charge is 0.356 e. The van der Waals surface area contributed by atoms with Crippen LogP contribution in [0.3, 0.4) is 0 Å². The summed E-state index contributed by atoms with van der Waals surface area (Å²) in [5, 5.41) is 0.623. The number of fused-ring (bicyclic) bond motifs is 2. The van der Waals surface area contributed by atoms with Crippen LogP contribution in [0.1, 0.15) is 0 Å². The molecule has 5 nitrogen and oxygen atoms in total. The van der Waals surface area contributed by atoms with Crippen molar-refractivity contribution in [3.8, 4) is 11.4 Å². The van der Waals surface area contributed by atoms with Crippen molar-refractivity contribution in [2.75, 3.05) is 18.0 Å². The number of hydrogen-bond acceptors (Lipinski definition) is 4. The van der Waals surface area contributed by atoms with Crippen molar-refractivity contribution < 1.29 is 0 Å². The maximum Gasteiger partial charge on any atom is 0.142 e. The zero-order valence-electron chi connectivity index (χ0n) is 13.4. The van der Waals surface area contributed by atoms with Crippen LogP contribution in [0.4, 0.5) is 5.82 Å². The Morgan fingerprint density at radius 1 is 1.21 bits per heavy atom. The third-order valence-electron chi connectivity index (χ3n) is 5.45. The molecular weight excluding hydrogens is 322 g/mol. The average Bonchev–Trinajstić information content (AvgIpc) is 2.95. The third kappa shape index (κ3) is 1.98. The summed E-state index contributed by atoms with van der Waals surface area (Å²) >= 11 is 6.44. The molecule has 6 heteroatoms. The fourth-order valence-electron chi connectivity index (χ4n) is 3.92. The van der Waals surface area contributed by atoms with Crippen LogP contribution in [0.25, 0.3) is 22.4 Å². The Morgan fingerprint density at radius 3 is 2.71 bits per heavy atom. The second kappa shape index (κ2) is 4.94. The van der Waals surface area contributed by atoms with Gasteiger partial charge in [0.05, 0.1) is 16.1 Å². The van der Waals surface area contributed by atoms with Gasteiger partial charge in [-0.05, 0) is 30.0 Å². The van der Waals surface area contributed by atoms with E-state index >= 15 is 0 Å². The van der Waals surface area contributed by atoms with E-state index in [9.17, 15) is 0 Å². The first-order valence-electron chi connectivity index (χ1n) is 8.21. The Morgan fingerprint density at radius 2 is 1.96 bits per heavy atom. The average molecular weight is 340 g/mol. The van der Waals surface area contributed by atoms with E-state index in [1.165, 1.54) is 0 Å². The molecule has 3 aromatic rings. The van der Waals surface area contributed by atoms with E-state index in [-0.39, 0.29) is 0 Å². The van der Waals surface area contributed by atoms with Gasteiger partial charge in [0, 0.05) is 37.9 Å². The lowest BCUT2D eigenvalue weighted by molar-refractivity contribution is 0.735. The molecule has 24 heavy (non-hydrogen) atoms. The number of imidazole rings is 1. The van der Waals surface area contributed by atoms with Gasteiger partial charge in [0.1, 0.15) is 11.6 Å². The first-order valence-corrected chi connectivity index (χ1v) is 8.59. The number of nitrogens with two attached hydrogens (primary N) is 1. The molecule has 1 aromatic carbocycles. The Labute approximate surface area is 145 Å². The highest BCUT2D eigenvalue weighted by Crippen LogP contribution is 2.45. The van der Waals surface area contributed by atoms with Gasteiger partial charge >= 0.3 is 0 Å². The van der Waals surface area contributed by atoms with E-state index < -0.39 is 0 Å². The van der Waals surface area contributed by atoms with Crippen LogP contribution in [-0.4, -0.2) is 33.7 Å². The SMILES string of the molecule is Cn1c(-c2cc(N3CC4C(N)[C@H]4C3)ncc2Cl)nc2ccccc21. The number of benzene rings is 1. The van der Waals surface area contributed by atoms with Crippen molar-refractivity contribution in [2.24, 2.45) is 24.6 Å². The molecule has 2 fully saturated rings. The number of halogens is 1. The second-order valence-electron chi connectivity index (χ2n) is 6.82. The highest BCUT2D eigenvalue weighted by Gasteiger charge is 2.53. The van der Waals surface area contributed by atoms with Crippen molar-refractivity contribution in [3.05, 3.63) is 41.6 Å². The van der Waals surface area contributed by atoms with Crippen LogP contribution in [0.2, 0.25) is 5.02 Å². The highest BCUT2D eigenvalue weighted by molar-refractivity contribution is 6.33. The number of rotatable bonds is 2. The fourth-order valence-corrected chi connectivity index (χ4v) is 4.11. The predicted octanol–water partition coefficient (Wildman–Crippen LogP) is 2.68. The zero-order valence-corrected chi connectivity index (χ0v) is 14.1. The van der Waals surface area contributed by atoms with E-state index in [0.717, 1.165) is 41.3 Å². The van der Waals surface area contributed by atoms with Gasteiger partial charge in [0.15, 0.2) is 0 Å². The van der Waals surface area contributed by atoms with Gasteiger partial charge in [0.25, 0.3) is 0 Å². The summed E-state index contributed by atoms with van der Waals surface area (Å²) < 4.78 is 2.08. The van der Waals surface area contributed by atoms with Gasteiger partial charge < -0.3 is 15.2 Å². The molecule has 1 saturated carbocycles. The van der Waals surface area contributed by atoms with Crippen LogP contribution in [0.15, 0.2) is 36.5 Å². The van der Waals surface area contributed by atoms with E-state index in [4.69, 9.17) is 22.3 Å². The molecule has 2 aromatic heterocycles. The molecule has 122 valence electrons. The van der Waals surface area contributed by atoms with E-state index in [1.54, 1.807) is 6.20 Å². The molecule has 1 saturated heterocycles. The first-order chi connectivity index (χ1) is 11.6. The minimum absolute atomic E-state index is 0.382. The van der Waals surface area contributed by atoms with Crippen LogP contribution < -0.4 is 10.6 Å². The minimum Gasteiger partial charge on any atom is -0.356 e. The van der Waals surface area contributed by atoms with Crippen molar-refractivity contribution in [1.29, 1.82) is 0 Å². The van der Waals surface area contributed by atoms with Gasteiger partial charge in [-0.3, -0.25) is 0 Å². The fraction of sp³-hybridized carbons (Fsp3) is 0.333. The molecule has 0 amide bonds. The van der Waals surface area contributed by atoms with Crippen LogP contribution in [0.5, 0.6) is 0 Å². The van der Waals surface area contributed by atoms with E-state index in [0.29, 0.717) is 22.9 Å². The van der Waals surface area contributed by atoms with Crippen molar-refractivity contribution in [1.82, 2.24) is 14.5 Å². The summed E-state index contributed by atoms with van der Waals surface area (Å²) in [6, 6.07) is 10.5. The smallest absolute Gasteiger partial charge is 0.142 e. The quantitative estimate of drug-likeness (QED) is 0.779. The number of nitrogens with zero attached hydrogens (tertiary/aromatic N) is 4. The Balaban J connectivity index is 1.57. The minimum atomic E-state index is 0.382. The number of para-hydroxylation sites is 2. The Hall–Kier alpha value is -2.11. The first kappa shape index (κ1) is 14.3. The number of hydrogen-bond donors (Lipinski definition) is 1. The molecule has 0 bridgehead atoms. The maximum absolute atomic E-state index is 6.44. The van der Waals surface area contributed by atoms with Crippen LogP contribution in [-0.2, 0) is 7.05 Å². The molecular formula is C18H18ClN5. The molecule has 3 atom stereocenters. The molecule has 0 radical (unpaired) electrons. The molecule has 0 spiro atoms. The van der Waals surface area contributed by atoms with Crippen molar-refractivity contribution in [3.63, 3.8) is 0 Å². The maximum atomic E-state index is 6.44. The van der Waals surface area contributed by atoms with Gasteiger partial charge in [-0.25, -0.2) is 9.97 Å². The van der Waals surface area contributed by atoms with Crippen molar-refractivity contribution >= 4 is 28.5 Å². The number of aromatic nitrogens is 3. The number of aryl methyl sites for hydroxylation is 1. The third-order valence-corrected chi connectivity index (χ3v) is 5.75. The van der Waals surface area contributed by atoms with Crippen LogP contribution >= 0.6 is 11.6 Å². The molecule has 2 N–H and O–H groups in total. The normalized spacial score (nSPS) is 25.3. The Kier molecular flexibility index (Phi) is 2.94. The van der Waals surface area contributed by atoms with Gasteiger partial charge in [-0.1, -0.05) is 23.7 Å². The van der Waals surface area contributed by atoms with Gasteiger partial charge in [-0.2, -0.15) is 0 Å². The summed E-state index contributed by atoms with van der Waals surface area (Å²) in [6.45, 7) is 1.98. The predicted molar refractivity (Wildman–Crippen MR) is 96.1 cm³/mol. The molecule has 3 heterocycles. The summed E-state index contributed by atoms with van der Waals surface area (Å²) in [7, 11) is 2.02. The summed E-state index contributed by atoms with van der Waals surface area (Å²) in [5.74, 6) is 3.08. The molecule has 2 aliphatic rings. The summed E-state index contributed by atoms with van der Waals surface area (Å²) in [4.78, 5) is 11.6. The lowest BCUT2D eigenvalue weighted by Gasteiger charge is -2.21. The topological polar surface area (TPSA) is 60.0 Å². The Bertz CT molecular complexity index is 938. The summed E-state index contributed by atoms with van der Waals surface area (Å²) in [5.41, 5.74) is 9.02. The monoisotopic (exact) mass is 339 g/mol. The molecule has 1 aliphatic carbocycles. The standard InChI is InChI=1S/C18H18ClN5/c1-23-15-5-3-2-4-14(15)22-18(23)10-6-16(21-7-13(10)19)24-8-11-12(9-24)17(11)20/h2-7,11-12,17H,8-9,20H2,1H3/t11-,12?,17?/m0/s1. The lowest BCUT2D eigenvalue weighted by Crippen LogP contribution is -2.28. The van der Waals surface area contributed by atoms with Crippen LogP contribution in [0, 0.1) is 11.8 Å². The number of pyridine rings is 1. The van der Waals surface area contributed by atoms with E-state index in [1.807, 2.05) is 25.2 Å². The number of anilines is 1. The summed E-state index contributed by atoms with van der Waals surface area (Å²) in [6.07, 6.45) is 1.73. The van der Waals surface area contributed by atoms with Gasteiger partial charge in [0.2, 0.25) is 0 Å². The molecule has 2 unspecified atom stereocenters. The number of piperidine rings is 1. The van der Waals surface area contributed by atoms with E-state index in [2.05, 4.69) is 26.6 Å². The second-order valence-corrected chi connectivity index (χ2v) is 7.22.